The second-order valence-electron chi connectivity index (χ2n) is 4.01. The predicted molar refractivity (Wildman–Crippen MR) is 57.7 cm³/mol. The third-order valence-electron chi connectivity index (χ3n) is 2.99. The number of fused-ring (bicyclic) bond motifs is 2. The van der Waals surface area contributed by atoms with Crippen LogP contribution in [0.3, 0.4) is 0 Å². The molecule has 0 amide bonds. The second-order valence-corrected chi connectivity index (χ2v) is 4.01. The molecule has 1 saturated carbocycles. The SMILES string of the molecule is C1=CN2C=C3CCCCC3=NC2=CC1. The van der Waals surface area contributed by atoms with E-state index in [0.717, 1.165) is 12.2 Å². The molecule has 2 heterocycles. The number of nitrogens with zero attached hydrogens (tertiary/aromatic N) is 2. The van der Waals surface area contributed by atoms with E-state index >= 15 is 0 Å². The smallest absolute Gasteiger partial charge is 0.133 e. The van der Waals surface area contributed by atoms with E-state index in [-0.39, 0.29) is 0 Å². The van der Waals surface area contributed by atoms with Crippen LogP contribution in [0.2, 0.25) is 0 Å². The molecule has 0 unspecified atom stereocenters. The summed E-state index contributed by atoms with van der Waals surface area (Å²) in [6.07, 6.45) is 14.8. The van der Waals surface area contributed by atoms with Crippen LogP contribution in [0.5, 0.6) is 0 Å². The first-order valence-corrected chi connectivity index (χ1v) is 5.37. The Morgan fingerprint density at radius 3 is 3.14 bits per heavy atom. The van der Waals surface area contributed by atoms with Gasteiger partial charge in [-0.1, -0.05) is 6.08 Å². The van der Waals surface area contributed by atoms with Crippen LogP contribution in [-0.2, 0) is 0 Å². The molecule has 2 aliphatic heterocycles. The average Bonchev–Trinajstić information content (AvgIpc) is 2.26. The highest BCUT2D eigenvalue weighted by atomic mass is 15.2. The highest BCUT2D eigenvalue weighted by Crippen LogP contribution is 2.29. The van der Waals surface area contributed by atoms with Crippen molar-refractivity contribution in [1.82, 2.24) is 4.90 Å². The fourth-order valence-corrected chi connectivity index (χ4v) is 2.23. The molecule has 14 heavy (non-hydrogen) atoms. The standard InChI is InChI=1S/C12H14N2/c1-2-6-11-10(5-1)9-14-8-4-3-7-12(14)13-11/h4,7-9H,1-3,5-6H2. The second kappa shape index (κ2) is 3.12. The summed E-state index contributed by atoms with van der Waals surface area (Å²) in [5.41, 5.74) is 2.77. The van der Waals surface area contributed by atoms with Gasteiger partial charge in [-0.15, -0.1) is 0 Å². The van der Waals surface area contributed by atoms with Crippen molar-refractivity contribution in [1.29, 1.82) is 0 Å². The van der Waals surface area contributed by atoms with Crippen molar-refractivity contribution in [2.75, 3.05) is 0 Å². The Labute approximate surface area is 84.3 Å². The Hall–Kier alpha value is -1.31. The summed E-state index contributed by atoms with van der Waals surface area (Å²) in [5, 5.41) is 0. The van der Waals surface area contributed by atoms with Crippen molar-refractivity contribution >= 4 is 5.71 Å². The fourth-order valence-electron chi connectivity index (χ4n) is 2.23. The summed E-state index contributed by atoms with van der Waals surface area (Å²) in [6, 6.07) is 0. The number of hydrogen-bond donors (Lipinski definition) is 0. The van der Waals surface area contributed by atoms with Crippen LogP contribution in [0.15, 0.2) is 40.9 Å². The molecule has 0 bridgehead atoms. The van der Waals surface area contributed by atoms with E-state index in [1.165, 1.54) is 37.0 Å². The van der Waals surface area contributed by atoms with Gasteiger partial charge in [0, 0.05) is 18.1 Å². The number of rotatable bonds is 0. The molecule has 3 aliphatic rings. The molecule has 3 rings (SSSR count). The molecule has 0 saturated heterocycles. The van der Waals surface area contributed by atoms with Gasteiger partial charge in [0.2, 0.25) is 0 Å². The molecule has 0 aromatic carbocycles. The minimum absolute atomic E-state index is 1.02. The Morgan fingerprint density at radius 1 is 1.21 bits per heavy atom. The van der Waals surface area contributed by atoms with Gasteiger partial charge in [0.25, 0.3) is 0 Å². The quantitative estimate of drug-likeness (QED) is 0.568. The monoisotopic (exact) mass is 186 g/mol. The fraction of sp³-hybridized carbons (Fsp3) is 0.417. The van der Waals surface area contributed by atoms with Gasteiger partial charge in [0.15, 0.2) is 0 Å². The molecule has 0 radical (unpaired) electrons. The molecule has 2 heteroatoms. The lowest BCUT2D eigenvalue weighted by Gasteiger charge is -2.29. The summed E-state index contributed by atoms with van der Waals surface area (Å²) in [4.78, 5) is 6.86. The molecule has 0 N–H and O–H groups in total. The Bertz CT molecular complexity index is 372. The van der Waals surface area contributed by atoms with Crippen LogP contribution >= 0.6 is 0 Å². The molecule has 2 nitrogen and oxygen atoms in total. The van der Waals surface area contributed by atoms with Crippen molar-refractivity contribution in [2.24, 2.45) is 4.99 Å². The van der Waals surface area contributed by atoms with E-state index in [9.17, 15) is 0 Å². The molecule has 1 fully saturated rings. The minimum Gasteiger partial charge on any atom is -0.309 e. The third kappa shape index (κ3) is 1.22. The topological polar surface area (TPSA) is 15.6 Å². The van der Waals surface area contributed by atoms with E-state index < -0.39 is 0 Å². The zero-order chi connectivity index (χ0) is 9.38. The van der Waals surface area contributed by atoms with Crippen molar-refractivity contribution in [3.63, 3.8) is 0 Å². The van der Waals surface area contributed by atoms with E-state index in [0.29, 0.717) is 0 Å². The minimum atomic E-state index is 1.02. The maximum absolute atomic E-state index is 4.71. The van der Waals surface area contributed by atoms with Gasteiger partial charge in [-0.2, -0.15) is 0 Å². The lowest BCUT2D eigenvalue weighted by molar-refractivity contribution is 0.576. The first kappa shape index (κ1) is 8.04. The summed E-state index contributed by atoms with van der Waals surface area (Å²) in [5.74, 6) is 1.12. The highest BCUT2D eigenvalue weighted by Gasteiger charge is 2.20. The molecule has 1 aliphatic carbocycles. The van der Waals surface area contributed by atoms with Crippen LogP contribution in [0.4, 0.5) is 0 Å². The summed E-state index contributed by atoms with van der Waals surface area (Å²) in [6.45, 7) is 0. The summed E-state index contributed by atoms with van der Waals surface area (Å²) < 4.78 is 0. The van der Waals surface area contributed by atoms with Crippen molar-refractivity contribution in [3.8, 4) is 0 Å². The summed E-state index contributed by atoms with van der Waals surface area (Å²) >= 11 is 0. The summed E-state index contributed by atoms with van der Waals surface area (Å²) in [7, 11) is 0. The van der Waals surface area contributed by atoms with E-state index in [1.807, 2.05) is 0 Å². The van der Waals surface area contributed by atoms with Gasteiger partial charge in [-0.05, 0) is 43.8 Å². The Morgan fingerprint density at radius 2 is 2.14 bits per heavy atom. The van der Waals surface area contributed by atoms with Crippen LogP contribution in [0.25, 0.3) is 0 Å². The largest absolute Gasteiger partial charge is 0.309 e. The highest BCUT2D eigenvalue weighted by molar-refractivity contribution is 6.02. The third-order valence-corrected chi connectivity index (χ3v) is 2.99. The molecule has 0 atom stereocenters. The van der Waals surface area contributed by atoms with E-state index in [1.54, 1.807) is 0 Å². The first-order chi connectivity index (χ1) is 6.93. The zero-order valence-corrected chi connectivity index (χ0v) is 8.24. The molecule has 0 aromatic heterocycles. The van der Waals surface area contributed by atoms with Gasteiger partial charge in [-0.3, -0.25) is 0 Å². The van der Waals surface area contributed by atoms with E-state index in [2.05, 4.69) is 29.5 Å². The maximum atomic E-state index is 4.71. The van der Waals surface area contributed by atoms with Gasteiger partial charge in [-0.25, -0.2) is 4.99 Å². The molecular weight excluding hydrogens is 172 g/mol. The van der Waals surface area contributed by atoms with Crippen molar-refractivity contribution in [3.05, 3.63) is 35.9 Å². The van der Waals surface area contributed by atoms with Crippen LogP contribution in [0, 0.1) is 0 Å². The van der Waals surface area contributed by atoms with Gasteiger partial charge < -0.3 is 4.90 Å². The van der Waals surface area contributed by atoms with Crippen LogP contribution < -0.4 is 0 Å². The zero-order valence-electron chi connectivity index (χ0n) is 8.24. The van der Waals surface area contributed by atoms with Crippen LogP contribution in [-0.4, -0.2) is 10.6 Å². The van der Waals surface area contributed by atoms with Gasteiger partial charge in [0.05, 0.1) is 0 Å². The maximum Gasteiger partial charge on any atom is 0.133 e. The predicted octanol–water partition coefficient (Wildman–Crippen LogP) is 2.96. The Balaban J connectivity index is 1.98. The van der Waals surface area contributed by atoms with Gasteiger partial charge >= 0.3 is 0 Å². The Kier molecular flexibility index (Phi) is 1.79. The number of allylic oxidation sites excluding steroid dienone is 3. The average molecular weight is 186 g/mol. The first-order valence-electron chi connectivity index (χ1n) is 5.37. The number of hydrogen-bond acceptors (Lipinski definition) is 2. The molecule has 0 spiro atoms. The van der Waals surface area contributed by atoms with E-state index in [4.69, 9.17) is 4.99 Å². The normalized spacial score (nSPS) is 24.6. The molecule has 0 aromatic rings. The van der Waals surface area contributed by atoms with Crippen molar-refractivity contribution < 1.29 is 0 Å². The lowest BCUT2D eigenvalue weighted by atomic mass is 9.92. The van der Waals surface area contributed by atoms with Crippen LogP contribution in [0.1, 0.15) is 32.1 Å². The number of aliphatic imine (C=N–C) groups is 1. The molecule has 72 valence electrons. The lowest BCUT2D eigenvalue weighted by Crippen LogP contribution is -2.22. The molecular formula is C12H14N2. The van der Waals surface area contributed by atoms with Gasteiger partial charge in [0.1, 0.15) is 5.82 Å². The van der Waals surface area contributed by atoms with Crippen molar-refractivity contribution in [2.45, 2.75) is 32.1 Å².